The van der Waals surface area contributed by atoms with Gasteiger partial charge in [-0.3, -0.25) is 0 Å². The Hall–Kier alpha value is -4.23. The summed E-state index contributed by atoms with van der Waals surface area (Å²) < 4.78 is 9.62. The molecule has 0 fully saturated rings. The highest BCUT2D eigenvalue weighted by atomic mass is 79.9. The lowest BCUT2D eigenvalue weighted by atomic mass is 9.78. The number of likely N-dealkylation sites (N-methyl/N-ethyl adjacent to an activating group) is 1. The fourth-order valence-electron chi connectivity index (χ4n) is 9.69. The first kappa shape index (κ1) is 39.6. The zero-order chi connectivity index (χ0) is 40.4. The van der Waals surface area contributed by atoms with E-state index in [1.54, 1.807) is 0 Å². The maximum Gasteiger partial charge on any atom is 0.337 e. The predicted molar refractivity (Wildman–Crippen MR) is 246 cm³/mol. The number of carbonyl (C=O) groups is 1. The molecule has 290 valence electrons. The van der Waals surface area contributed by atoms with E-state index in [-0.39, 0.29) is 22.7 Å². The van der Waals surface area contributed by atoms with Gasteiger partial charge >= 0.3 is 5.97 Å². The van der Waals surface area contributed by atoms with E-state index in [1.807, 2.05) is 12.1 Å². The minimum absolute atomic E-state index is 0.172. The number of hydrogen-bond acceptors (Lipinski definition) is 3. The van der Waals surface area contributed by atoms with Crippen molar-refractivity contribution in [2.75, 3.05) is 25.1 Å². The second kappa shape index (κ2) is 15.2. The van der Waals surface area contributed by atoms with E-state index in [0.717, 1.165) is 51.1 Å². The van der Waals surface area contributed by atoms with Gasteiger partial charge in [0.1, 0.15) is 6.54 Å². The van der Waals surface area contributed by atoms with Crippen LogP contribution in [0.25, 0.3) is 21.5 Å². The van der Waals surface area contributed by atoms with Crippen molar-refractivity contribution in [3.8, 4) is 0 Å². The lowest BCUT2D eigenvalue weighted by Crippen LogP contribution is -2.27. The molecule has 5 aromatic rings. The van der Waals surface area contributed by atoms with Gasteiger partial charge in [-0.2, -0.15) is 4.58 Å². The van der Waals surface area contributed by atoms with Crippen LogP contribution in [0.2, 0.25) is 0 Å². The summed E-state index contributed by atoms with van der Waals surface area (Å²) >= 11 is 14.9. The molecule has 4 nitrogen and oxygen atoms in total. The Kier molecular flexibility index (Phi) is 10.5. The molecule has 0 radical (unpaired) electrons. The molecule has 8 rings (SSSR count). The van der Waals surface area contributed by atoms with Gasteiger partial charge in [0.25, 0.3) is 0 Å². The van der Waals surface area contributed by atoms with Crippen molar-refractivity contribution in [1.82, 2.24) is 0 Å². The number of fused-ring (bicyclic) bond motifs is 6. The molecule has 1 unspecified atom stereocenters. The third-order valence-corrected chi connectivity index (χ3v) is 13.9. The zero-order valence-corrected chi connectivity index (χ0v) is 37.6. The quantitative estimate of drug-likeness (QED) is 0.120. The van der Waals surface area contributed by atoms with Crippen LogP contribution < -0.4 is 4.90 Å². The number of ether oxygens (including phenoxy) is 1. The van der Waals surface area contributed by atoms with Crippen LogP contribution in [-0.2, 0) is 15.6 Å². The Labute approximate surface area is 358 Å². The molecule has 0 aromatic heterocycles. The van der Waals surface area contributed by atoms with Crippen LogP contribution in [0, 0.1) is 0 Å². The minimum Gasteiger partial charge on any atom is -0.465 e. The van der Waals surface area contributed by atoms with Crippen LogP contribution in [0.1, 0.15) is 87.4 Å². The fraction of sp³-hybridized carbons (Fsp3) is 0.280. The molecule has 0 N–H and O–H groups in total. The Morgan fingerprint density at radius 1 is 0.825 bits per heavy atom. The van der Waals surface area contributed by atoms with Gasteiger partial charge in [-0.25, -0.2) is 4.79 Å². The van der Waals surface area contributed by atoms with Crippen LogP contribution in [-0.4, -0.2) is 36.5 Å². The van der Waals surface area contributed by atoms with Gasteiger partial charge in [-0.15, -0.1) is 0 Å². The van der Waals surface area contributed by atoms with Crippen molar-refractivity contribution in [2.24, 2.45) is 0 Å². The number of hydrogen-bond donors (Lipinski definition) is 0. The number of methoxy groups -OCH3 is 1. The SMILES string of the molecule is CCN1/C(=C\C=C2\CC(c3ccc(C(=O)OC)cc3)CC(/C=C/C3=[N+](CC)c4ccc5cc(Br)ccc5c4C3(C)C)=C2Cl)C(C)(C)c2c1ccc1cc(Br)ccc21. The van der Waals surface area contributed by atoms with E-state index in [1.165, 1.54) is 68.1 Å². The summed E-state index contributed by atoms with van der Waals surface area (Å²) in [5.41, 5.74) is 11.2. The molecule has 0 saturated heterocycles. The van der Waals surface area contributed by atoms with Crippen molar-refractivity contribution in [2.45, 2.75) is 71.1 Å². The molecule has 7 heteroatoms. The highest BCUT2D eigenvalue weighted by Crippen LogP contribution is 2.52. The summed E-state index contributed by atoms with van der Waals surface area (Å²) in [6.45, 7) is 15.5. The van der Waals surface area contributed by atoms with E-state index < -0.39 is 0 Å². The Morgan fingerprint density at radius 3 is 2.11 bits per heavy atom. The van der Waals surface area contributed by atoms with E-state index in [0.29, 0.717) is 5.56 Å². The molecule has 0 saturated carbocycles. The highest BCUT2D eigenvalue weighted by Gasteiger charge is 2.45. The van der Waals surface area contributed by atoms with Crippen LogP contribution in [0.4, 0.5) is 11.4 Å². The van der Waals surface area contributed by atoms with Gasteiger partial charge in [0.2, 0.25) is 5.69 Å². The molecule has 5 aromatic carbocycles. The number of benzene rings is 5. The molecule has 2 heterocycles. The van der Waals surface area contributed by atoms with Crippen LogP contribution >= 0.6 is 43.5 Å². The maximum absolute atomic E-state index is 12.3. The number of carbonyl (C=O) groups excluding carboxylic acids is 1. The van der Waals surface area contributed by atoms with Crippen molar-refractivity contribution >= 4 is 88.1 Å². The summed E-state index contributed by atoms with van der Waals surface area (Å²) in [7, 11) is 1.42. The Balaban J connectivity index is 1.22. The number of anilines is 1. The molecule has 3 aliphatic rings. The number of nitrogens with zero attached hydrogens (tertiary/aromatic N) is 2. The minimum atomic E-state index is -0.330. The highest BCUT2D eigenvalue weighted by molar-refractivity contribution is 9.10. The first-order valence-corrected chi connectivity index (χ1v) is 21.8. The average molecular weight is 904 g/mol. The lowest BCUT2D eigenvalue weighted by Gasteiger charge is -2.28. The number of halogens is 3. The fourth-order valence-corrected chi connectivity index (χ4v) is 10.7. The normalized spacial score (nSPS) is 20.1. The molecular formula is C50H48Br2ClN2O2+. The lowest BCUT2D eigenvalue weighted by molar-refractivity contribution is -0.433. The molecule has 2 aliphatic heterocycles. The van der Waals surface area contributed by atoms with E-state index in [2.05, 4.69) is 180 Å². The van der Waals surface area contributed by atoms with Crippen molar-refractivity contribution in [3.63, 3.8) is 0 Å². The molecule has 1 aliphatic carbocycles. The molecule has 0 amide bonds. The van der Waals surface area contributed by atoms with Crippen molar-refractivity contribution < 1.29 is 14.1 Å². The summed E-state index contributed by atoms with van der Waals surface area (Å²) in [6, 6.07) is 30.1. The Morgan fingerprint density at radius 2 is 1.47 bits per heavy atom. The van der Waals surface area contributed by atoms with Crippen molar-refractivity contribution in [1.29, 1.82) is 0 Å². The van der Waals surface area contributed by atoms with Gasteiger partial charge in [-0.05, 0) is 145 Å². The molecule has 1 atom stereocenters. The average Bonchev–Trinajstić information content (AvgIpc) is 3.57. The van der Waals surface area contributed by atoms with Gasteiger partial charge < -0.3 is 9.64 Å². The van der Waals surface area contributed by atoms with E-state index >= 15 is 0 Å². The Bertz CT molecular complexity index is 2650. The summed E-state index contributed by atoms with van der Waals surface area (Å²) in [5.74, 6) is -0.159. The summed E-state index contributed by atoms with van der Waals surface area (Å²) in [5, 5.41) is 5.84. The monoisotopic (exact) mass is 901 g/mol. The molecule has 57 heavy (non-hydrogen) atoms. The van der Waals surface area contributed by atoms with Crippen LogP contribution in [0.15, 0.2) is 140 Å². The van der Waals surface area contributed by atoms with Gasteiger partial charge in [0, 0.05) is 55.0 Å². The topological polar surface area (TPSA) is 32.6 Å². The third-order valence-electron chi connectivity index (χ3n) is 12.4. The van der Waals surface area contributed by atoms with E-state index in [9.17, 15) is 4.79 Å². The first-order valence-electron chi connectivity index (χ1n) is 19.8. The number of rotatable bonds is 7. The smallest absolute Gasteiger partial charge is 0.337 e. The number of allylic oxidation sites excluding steroid dienone is 8. The predicted octanol–water partition coefficient (Wildman–Crippen LogP) is 14.0. The van der Waals surface area contributed by atoms with Gasteiger partial charge in [0.05, 0.1) is 18.1 Å². The molecule has 0 spiro atoms. The van der Waals surface area contributed by atoms with Gasteiger partial charge in [0.15, 0.2) is 5.71 Å². The standard InChI is InChI=1S/C50H48Br2ClN2O2/c1-8-54-41-22-14-32-28-37(51)18-20-39(32)45(41)49(3,4)43(54)24-16-34-26-36(30-10-12-31(13-11-30)48(56)57-7)27-35(47(34)53)17-25-44-50(5,6)46-40-21-19-38(52)29-33(40)15-23-42(46)55(44)9-2/h10-25,28-29,36H,8-9,26-27H2,1-7H3/q+1. The van der Waals surface area contributed by atoms with E-state index in [4.69, 9.17) is 16.3 Å². The summed E-state index contributed by atoms with van der Waals surface area (Å²) in [4.78, 5) is 14.8. The van der Waals surface area contributed by atoms with Crippen LogP contribution in [0.5, 0.6) is 0 Å². The number of esters is 1. The summed E-state index contributed by atoms with van der Waals surface area (Å²) in [6.07, 6.45) is 10.7. The molecule has 0 bridgehead atoms. The largest absolute Gasteiger partial charge is 0.465 e. The zero-order valence-electron chi connectivity index (χ0n) is 33.6. The first-order chi connectivity index (χ1) is 27.3. The third kappa shape index (κ3) is 6.76. The van der Waals surface area contributed by atoms with Crippen LogP contribution in [0.3, 0.4) is 0 Å². The maximum atomic E-state index is 12.3. The second-order valence-corrected chi connectivity index (χ2v) is 18.6. The molecular weight excluding hydrogens is 856 g/mol. The van der Waals surface area contributed by atoms with Crippen molar-refractivity contribution in [3.05, 3.63) is 162 Å². The second-order valence-electron chi connectivity index (χ2n) is 16.4. The van der Waals surface area contributed by atoms with Gasteiger partial charge in [-0.1, -0.05) is 99.8 Å².